The normalized spacial score (nSPS) is 19.1. The Balaban J connectivity index is 1.85. The first-order chi connectivity index (χ1) is 9.58. The Labute approximate surface area is 122 Å². The molecule has 0 saturated carbocycles. The standard InChI is InChI=1S/C14H16N4OS/c1-8(2)18-13(19)12(17-14(18)20)5-9-6-16-11-3-4-15-7-10(9)11/h3-4,6-8,12,16H,5H2,1-2H3,(H,17,20). The van der Waals surface area contributed by atoms with E-state index in [9.17, 15) is 4.79 Å². The number of amides is 1. The van der Waals surface area contributed by atoms with Crippen LogP contribution in [0.1, 0.15) is 19.4 Å². The maximum atomic E-state index is 12.4. The van der Waals surface area contributed by atoms with Crippen molar-refractivity contribution < 1.29 is 4.79 Å². The second-order valence-electron chi connectivity index (χ2n) is 5.24. The summed E-state index contributed by atoms with van der Waals surface area (Å²) < 4.78 is 0. The lowest BCUT2D eigenvalue weighted by molar-refractivity contribution is -0.128. The molecule has 0 aliphatic carbocycles. The Hall–Kier alpha value is -1.95. The van der Waals surface area contributed by atoms with Gasteiger partial charge in [0.2, 0.25) is 0 Å². The van der Waals surface area contributed by atoms with E-state index in [2.05, 4.69) is 15.3 Å². The van der Waals surface area contributed by atoms with Crippen molar-refractivity contribution in [2.45, 2.75) is 32.4 Å². The first-order valence-electron chi connectivity index (χ1n) is 6.61. The third-order valence-electron chi connectivity index (χ3n) is 3.56. The van der Waals surface area contributed by atoms with Crippen molar-refractivity contribution in [2.75, 3.05) is 0 Å². The van der Waals surface area contributed by atoms with Gasteiger partial charge in [0.15, 0.2) is 5.11 Å². The highest BCUT2D eigenvalue weighted by Gasteiger charge is 2.36. The number of fused-ring (bicyclic) bond motifs is 1. The minimum Gasteiger partial charge on any atom is -0.361 e. The average molecular weight is 288 g/mol. The van der Waals surface area contributed by atoms with Crippen LogP contribution in [0.3, 0.4) is 0 Å². The van der Waals surface area contributed by atoms with Crippen molar-refractivity contribution in [3.05, 3.63) is 30.2 Å². The number of hydrogen-bond acceptors (Lipinski definition) is 3. The van der Waals surface area contributed by atoms with E-state index < -0.39 is 0 Å². The summed E-state index contributed by atoms with van der Waals surface area (Å²) in [5.41, 5.74) is 2.11. The van der Waals surface area contributed by atoms with E-state index in [4.69, 9.17) is 12.2 Å². The molecule has 1 saturated heterocycles. The maximum Gasteiger partial charge on any atom is 0.251 e. The van der Waals surface area contributed by atoms with Gasteiger partial charge in [-0.25, -0.2) is 0 Å². The zero-order chi connectivity index (χ0) is 14.3. The molecule has 20 heavy (non-hydrogen) atoms. The SMILES string of the molecule is CC(C)N1C(=O)C(Cc2c[nH]c3ccncc23)NC1=S. The minimum absolute atomic E-state index is 0.0447. The Morgan fingerprint density at radius 3 is 3.00 bits per heavy atom. The molecular weight excluding hydrogens is 272 g/mol. The van der Waals surface area contributed by atoms with Gasteiger partial charge in [-0.05, 0) is 37.7 Å². The largest absolute Gasteiger partial charge is 0.361 e. The molecule has 2 aromatic rings. The van der Waals surface area contributed by atoms with Gasteiger partial charge in [-0.15, -0.1) is 0 Å². The molecule has 1 unspecified atom stereocenters. The third kappa shape index (κ3) is 2.06. The van der Waals surface area contributed by atoms with E-state index >= 15 is 0 Å². The molecule has 104 valence electrons. The van der Waals surface area contributed by atoms with Gasteiger partial charge < -0.3 is 10.3 Å². The molecule has 0 aromatic carbocycles. The molecule has 2 aromatic heterocycles. The summed E-state index contributed by atoms with van der Waals surface area (Å²) in [6, 6.07) is 1.72. The van der Waals surface area contributed by atoms with Crippen molar-refractivity contribution in [2.24, 2.45) is 0 Å². The summed E-state index contributed by atoms with van der Waals surface area (Å²) in [5, 5.41) is 4.68. The summed E-state index contributed by atoms with van der Waals surface area (Å²) in [4.78, 5) is 21.3. The molecule has 3 heterocycles. The Kier molecular flexibility index (Phi) is 3.17. The zero-order valence-corrected chi connectivity index (χ0v) is 12.2. The predicted octanol–water partition coefficient (Wildman–Crippen LogP) is 1.60. The van der Waals surface area contributed by atoms with E-state index in [0.29, 0.717) is 11.5 Å². The number of nitrogens with zero attached hydrogens (tertiary/aromatic N) is 2. The number of rotatable bonds is 3. The van der Waals surface area contributed by atoms with Gasteiger partial charge in [0.25, 0.3) is 5.91 Å². The molecule has 1 amide bonds. The van der Waals surface area contributed by atoms with Crippen molar-refractivity contribution >= 4 is 34.1 Å². The molecular formula is C14H16N4OS. The van der Waals surface area contributed by atoms with Crippen LogP contribution in [-0.4, -0.2) is 38.0 Å². The number of aromatic nitrogens is 2. The molecule has 2 N–H and O–H groups in total. The molecule has 3 rings (SSSR count). The van der Waals surface area contributed by atoms with E-state index in [1.165, 1.54) is 0 Å². The number of pyridine rings is 1. The van der Waals surface area contributed by atoms with Gasteiger partial charge in [-0.3, -0.25) is 14.7 Å². The zero-order valence-electron chi connectivity index (χ0n) is 11.4. The lowest BCUT2D eigenvalue weighted by Gasteiger charge is -2.18. The van der Waals surface area contributed by atoms with Gasteiger partial charge in [0.1, 0.15) is 6.04 Å². The van der Waals surface area contributed by atoms with E-state index in [0.717, 1.165) is 16.5 Å². The van der Waals surface area contributed by atoms with Gasteiger partial charge in [0.05, 0.1) is 0 Å². The summed E-state index contributed by atoms with van der Waals surface area (Å²) in [6.45, 7) is 3.92. The maximum absolute atomic E-state index is 12.4. The van der Waals surface area contributed by atoms with Gasteiger partial charge in [0, 0.05) is 42.0 Å². The summed E-state index contributed by atoms with van der Waals surface area (Å²) >= 11 is 5.24. The third-order valence-corrected chi connectivity index (χ3v) is 3.88. The first-order valence-corrected chi connectivity index (χ1v) is 7.02. The van der Waals surface area contributed by atoms with Crippen molar-refractivity contribution in [3.63, 3.8) is 0 Å². The summed E-state index contributed by atoms with van der Waals surface area (Å²) in [6.07, 6.45) is 6.10. The lowest BCUT2D eigenvalue weighted by atomic mass is 10.1. The minimum atomic E-state index is -0.288. The quantitative estimate of drug-likeness (QED) is 0.842. The number of hydrogen-bond donors (Lipinski definition) is 2. The summed E-state index contributed by atoms with van der Waals surface area (Å²) in [5.74, 6) is 0.0447. The van der Waals surface area contributed by atoms with Crippen LogP contribution in [0.2, 0.25) is 0 Å². The van der Waals surface area contributed by atoms with Crippen LogP contribution >= 0.6 is 12.2 Å². The summed E-state index contributed by atoms with van der Waals surface area (Å²) in [7, 11) is 0. The Bertz CT molecular complexity index is 679. The Morgan fingerprint density at radius 2 is 2.30 bits per heavy atom. The molecule has 0 bridgehead atoms. The molecule has 0 radical (unpaired) electrons. The van der Waals surface area contributed by atoms with Crippen LogP contribution in [0.25, 0.3) is 10.9 Å². The van der Waals surface area contributed by atoms with E-state index in [1.54, 1.807) is 11.1 Å². The van der Waals surface area contributed by atoms with Crippen LogP contribution in [0.5, 0.6) is 0 Å². The fourth-order valence-corrected chi connectivity index (χ4v) is 3.03. The topological polar surface area (TPSA) is 61.0 Å². The smallest absolute Gasteiger partial charge is 0.251 e. The first kappa shape index (κ1) is 13.1. The van der Waals surface area contributed by atoms with Crippen LogP contribution < -0.4 is 5.32 Å². The number of carbonyl (C=O) groups is 1. The molecule has 1 aliphatic heterocycles. The van der Waals surface area contributed by atoms with Crippen LogP contribution in [0.4, 0.5) is 0 Å². The van der Waals surface area contributed by atoms with Crippen molar-refractivity contribution in [1.29, 1.82) is 0 Å². The number of H-pyrrole nitrogens is 1. The van der Waals surface area contributed by atoms with Crippen molar-refractivity contribution in [3.8, 4) is 0 Å². The molecule has 0 spiro atoms. The second kappa shape index (κ2) is 4.86. The number of carbonyl (C=O) groups excluding carboxylic acids is 1. The van der Waals surface area contributed by atoms with Gasteiger partial charge in [-0.2, -0.15) is 0 Å². The van der Waals surface area contributed by atoms with Gasteiger partial charge in [-0.1, -0.05) is 0 Å². The average Bonchev–Trinajstić information content (AvgIpc) is 2.93. The van der Waals surface area contributed by atoms with E-state index in [1.807, 2.05) is 32.3 Å². The highest BCUT2D eigenvalue weighted by molar-refractivity contribution is 7.80. The fraction of sp³-hybridized carbons (Fsp3) is 0.357. The predicted molar refractivity (Wildman–Crippen MR) is 81.3 cm³/mol. The Morgan fingerprint density at radius 1 is 1.50 bits per heavy atom. The molecule has 6 heteroatoms. The highest BCUT2D eigenvalue weighted by atomic mass is 32.1. The lowest BCUT2D eigenvalue weighted by Crippen LogP contribution is -2.37. The molecule has 1 aliphatic rings. The monoisotopic (exact) mass is 288 g/mol. The number of thiocarbonyl (C=S) groups is 1. The van der Waals surface area contributed by atoms with Crippen LogP contribution in [0.15, 0.2) is 24.7 Å². The molecule has 1 fully saturated rings. The van der Waals surface area contributed by atoms with Crippen LogP contribution in [-0.2, 0) is 11.2 Å². The number of nitrogens with one attached hydrogen (secondary N) is 2. The van der Waals surface area contributed by atoms with Gasteiger partial charge >= 0.3 is 0 Å². The second-order valence-corrected chi connectivity index (χ2v) is 5.63. The molecule has 5 nitrogen and oxygen atoms in total. The van der Waals surface area contributed by atoms with Crippen LogP contribution in [0, 0.1) is 0 Å². The van der Waals surface area contributed by atoms with E-state index in [-0.39, 0.29) is 18.0 Å². The number of aromatic amines is 1. The highest BCUT2D eigenvalue weighted by Crippen LogP contribution is 2.21. The van der Waals surface area contributed by atoms with Crippen molar-refractivity contribution in [1.82, 2.24) is 20.2 Å². The molecule has 1 atom stereocenters. The fourth-order valence-electron chi connectivity index (χ4n) is 2.58.